The van der Waals surface area contributed by atoms with Crippen molar-refractivity contribution in [3.63, 3.8) is 0 Å². The third-order valence-corrected chi connectivity index (χ3v) is 3.98. The summed E-state index contributed by atoms with van der Waals surface area (Å²) in [7, 11) is 3.20. The van der Waals surface area contributed by atoms with Gasteiger partial charge in [0.1, 0.15) is 5.75 Å². The summed E-state index contributed by atoms with van der Waals surface area (Å²) in [4.78, 5) is 12.4. The molecule has 1 aliphatic rings. The van der Waals surface area contributed by atoms with Crippen molar-refractivity contribution in [1.82, 2.24) is 10.6 Å². The van der Waals surface area contributed by atoms with Gasteiger partial charge in [0, 0.05) is 18.7 Å². The summed E-state index contributed by atoms with van der Waals surface area (Å²) in [6.07, 6.45) is 2.06. The maximum Gasteiger partial charge on any atom is 0.255 e. The van der Waals surface area contributed by atoms with Crippen molar-refractivity contribution >= 4 is 29.9 Å². The Balaban J connectivity index is 0.00000242. The maximum atomic E-state index is 12.4. The van der Waals surface area contributed by atoms with Crippen molar-refractivity contribution in [1.29, 1.82) is 0 Å². The van der Waals surface area contributed by atoms with Crippen molar-refractivity contribution in [2.24, 2.45) is 0 Å². The third kappa shape index (κ3) is 4.49. The second-order valence-corrected chi connectivity index (χ2v) is 5.71. The lowest BCUT2D eigenvalue weighted by molar-refractivity contribution is 0.0889. The van der Waals surface area contributed by atoms with Gasteiger partial charge >= 0.3 is 0 Å². The average molecular weight is 349 g/mol. The number of ether oxygens (including phenoxy) is 2. The molecule has 5 nitrogen and oxygen atoms in total. The minimum atomic E-state index is -0.196. The van der Waals surface area contributed by atoms with Crippen LogP contribution in [0.3, 0.4) is 0 Å². The highest BCUT2D eigenvalue weighted by atomic mass is 35.5. The molecular weight excluding hydrogens is 327 g/mol. The standard InChI is InChI=1S/C15H21ClN2O3.ClH/c1-20-10-15(6-3-7-18-15)9-17-14(19)12-8-11(16)4-5-13(12)21-2;/h4-5,8,18H,3,6-7,9-10H2,1-2H3,(H,17,19);1H. The fourth-order valence-electron chi connectivity index (χ4n) is 2.67. The Hall–Kier alpha value is -1.01. The Labute approximate surface area is 142 Å². The van der Waals surface area contributed by atoms with E-state index in [1.54, 1.807) is 25.3 Å². The summed E-state index contributed by atoms with van der Waals surface area (Å²) in [5.74, 6) is 0.315. The Bertz CT molecular complexity index is 506. The highest BCUT2D eigenvalue weighted by Gasteiger charge is 2.34. The van der Waals surface area contributed by atoms with Crippen LogP contribution in [0.4, 0.5) is 0 Å². The molecule has 1 aromatic rings. The predicted molar refractivity (Wildman–Crippen MR) is 89.4 cm³/mol. The number of methoxy groups -OCH3 is 2. The van der Waals surface area contributed by atoms with Crippen LogP contribution >= 0.6 is 24.0 Å². The Kier molecular flexibility index (Phi) is 7.42. The molecule has 0 saturated carbocycles. The smallest absolute Gasteiger partial charge is 0.255 e. The van der Waals surface area contributed by atoms with E-state index in [1.165, 1.54) is 7.11 Å². The van der Waals surface area contributed by atoms with Crippen molar-refractivity contribution in [2.45, 2.75) is 18.4 Å². The van der Waals surface area contributed by atoms with E-state index < -0.39 is 0 Å². The third-order valence-electron chi connectivity index (χ3n) is 3.75. The second kappa shape index (κ2) is 8.58. The van der Waals surface area contributed by atoms with E-state index in [0.29, 0.717) is 29.5 Å². The number of carbonyl (C=O) groups is 1. The topological polar surface area (TPSA) is 59.6 Å². The first-order valence-corrected chi connectivity index (χ1v) is 7.34. The number of halogens is 2. The number of amides is 1. The van der Waals surface area contributed by atoms with E-state index in [9.17, 15) is 4.79 Å². The van der Waals surface area contributed by atoms with Crippen molar-refractivity contribution in [2.75, 3.05) is 33.9 Å². The lowest BCUT2D eigenvalue weighted by Crippen LogP contribution is -2.53. The second-order valence-electron chi connectivity index (χ2n) is 5.27. The largest absolute Gasteiger partial charge is 0.496 e. The van der Waals surface area contributed by atoms with Crippen LogP contribution in [-0.2, 0) is 4.74 Å². The quantitative estimate of drug-likeness (QED) is 0.827. The number of benzene rings is 1. The highest BCUT2D eigenvalue weighted by molar-refractivity contribution is 6.31. The number of hydrogen-bond acceptors (Lipinski definition) is 4. The normalized spacial score (nSPS) is 20.3. The molecule has 1 unspecified atom stereocenters. The van der Waals surface area contributed by atoms with Crippen molar-refractivity contribution < 1.29 is 14.3 Å². The molecule has 1 aromatic carbocycles. The predicted octanol–water partition coefficient (Wildman–Crippen LogP) is 2.27. The van der Waals surface area contributed by atoms with E-state index in [0.717, 1.165) is 19.4 Å². The van der Waals surface area contributed by atoms with Gasteiger partial charge in [0.25, 0.3) is 5.91 Å². The first-order chi connectivity index (χ1) is 10.1. The fourth-order valence-corrected chi connectivity index (χ4v) is 2.84. The minimum absolute atomic E-state index is 0. The van der Waals surface area contributed by atoms with E-state index >= 15 is 0 Å². The SMILES string of the molecule is COCC1(CNC(=O)c2cc(Cl)ccc2OC)CCCN1.Cl. The summed E-state index contributed by atoms with van der Waals surface area (Å²) >= 11 is 5.95. The molecule has 1 saturated heterocycles. The van der Waals surface area contributed by atoms with E-state index in [-0.39, 0.29) is 23.9 Å². The molecule has 0 bridgehead atoms. The molecule has 1 aliphatic heterocycles. The summed E-state index contributed by atoms with van der Waals surface area (Å²) < 4.78 is 10.5. The zero-order valence-corrected chi connectivity index (χ0v) is 14.4. The number of carbonyl (C=O) groups excluding carboxylic acids is 1. The molecule has 2 N–H and O–H groups in total. The molecule has 0 aromatic heterocycles. The summed E-state index contributed by atoms with van der Waals surface area (Å²) in [5.41, 5.74) is 0.256. The van der Waals surface area contributed by atoms with Crippen molar-refractivity contribution in [3.05, 3.63) is 28.8 Å². The van der Waals surface area contributed by atoms with E-state index in [4.69, 9.17) is 21.1 Å². The molecule has 1 amide bonds. The molecule has 2 rings (SSSR count). The summed E-state index contributed by atoms with van der Waals surface area (Å²) in [6.45, 7) is 2.02. The fraction of sp³-hybridized carbons (Fsp3) is 0.533. The van der Waals surface area contributed by atoms with Crippen LogP contribution in [0.1, 0.15) is 23.2 Å². The zero-order valence-electron chi connectivity index (χ0n) is 12.8. The van der Waals surface area contributed by atoms with Gasteiger partial charge in [-0.3, -0.25) is 4.79 Å². The number of nitrogens with one attached hydrogen (secondary N) is 2. The lowest BCUT2D eigenvalue weighted by Gasteiger charge is -2.29. The van der Waals surface area contributed by atoms with Gasteiger partial charge in [-0.1, -0.05) is 11.6 Å². The summed E-state index contributed by atoms with van der Waals surface area (Å²) in [6, 6.07) is 5.00. The van der Waals surface area contributed by atoms with Gasteiger partial charge in [0.15, 0.2) is 0 Å². The van der Waals surface area contributed by atoms with Gasteiger partial charge < -0.3 is 20.1 Å². The molecule has 1 fully saturated rings. The number of hydrogen-bond donors (Lipinski definition) is 2. The van der Waals surface area contributed by atoms with Gasteiger partial charge in [-0.25, -0.2) is 0 Å². The van der Waals surface area contributed by atoms with Crippen LogP contribution in [-0.4, -0.2) is 45.4 Å². The zero-order chi connectivity index (χ0) is 15.3. The Morgan fingerprint density at radius 2 is 2.23 bits per heavy atom. The number of rotatable bonds is 6. The van der Waals surface area contributed by atoms with Crippen LogP contribution < -0.4 is 15.4 Å². The molecule has 1 atom stereocenters. The molecule has 22 heavy (non-hydrogen) atoms. The van der Waals surface area contributed by atoms with Crippen molar-refractivity contribution in [3.8, 4) is 5.75 Å². The molecule has 1 heterocycles. The molecule has 0 spiro atoms. The van der Waals surface area contributed by atoms with E-state index in [2.05, 4.69) is 10.6 Å². The molecule has 0 radical (unpaired) electrons. The molecule has 0 aliphatic carbocycles. The molecule has 124 valence electrons. The maximum absolute atomic E-state index is 12.4. The van der Waals surface area contributed by atoms with Gasteiger partial charge in [-0.15, -0.1) is 12.4 Å². The monoisotopic (exact) mass is 348 g/mol. The first kappa shape index (κ1) is 19.0. The Morgan fingerprint density at radius 3 is 2.82 bits per heavy atom. The van der Waals surface area contributed by atoms with Crippen LogP contribution in [0.5, 0.6) is 5.75 Å². The van der Waals surface area contributed by atoms with Gasteiger partial charge in [0.05, 0.1) is 24.8 Å². The molecular formula is C15H22Cl2N2O3. The lowest BCUT2D eigenvalue weighted by atomic mass is 9.98. The Morgan fingerprint density at radius 1 is 1.45 bits per heavy atom. The van der Waals surface area contributed by atoms with Gasteiger partial charge in [-0.05, 0) is 37.6 Å². The highest BCUT2D eigenvalue weighted by Crippen LogP contribution is 2.23. The summed E-state index contributed by atoms with van der Waals surface area (Å²) in [5, 5.41) is 6.88. The van der Waals surface area contributed by atoms with E-state index in [1.807, 2.05) is 0 Å². The van der Waals surface area contributed by atoms with Crippen LogP contribution in [0.2, 0.25) is 5.02 Å². The van der Waals surface area contributed by atoms with Gasteiger partial charge in [0.2, 0.25) is 0 Å². The average Bonchev–Trinajstić information content (AvgIpc) is 2.94. The first-order valence-electron chi connectivity index (χ1n) is 6.96. The van der Waals surface area contributed by atoms with Crippen LogP contribution in [0.15, 0.2) is 18.2 Å². The van der Waals surface area contributed by atoms with Crippen LogP contribution in [0, 0.1) is 0 Å². The minimum Gasteiger partial charge on any atom is -0.496 e. The van der Waals surface area contributed by atoms with Gasteiger partial charge in [-0.2, -0.15) is 0 Å². The molecule has 7 heteroatoms. The van der Waals surface area contributed by atoms with Crippen LogP contribution in [0.25, 0.3) is 0 Å².